The van der Waals surface area contributed by atoms with Crippen LogP contribution in [0.4, 0.5) is 0 Å². The van der Waals surface area contributed by atoms with Crippen molar-refractivity contribution in [3.8, 4) is 0 Å². The van der Waals surface area contributed by atoms with Crippen LogP contribution >= 0.6 is 0 Å². The Bertz CT molecular complexity index is 235. The van der Waals surface area contributed by atoms with Crippen molar-refractivity contribution < 1.29 is 9.90 Å². The topological polar surface area (TPSA) is 40.5 Å². The smallest absolute Gasteiger partial charge is 0.328 e. The van der Waals surface area contributed by atoms with Gasteiger partial charge in [0.1, 0.15) is 0 Å². The number of aliphatic carboxylic acids is 1. The van der Waals surface area contributed by atoms with E-state index in [1.807, 2.05) is 6.92 Å². The van der Waals surface area contributed by atoms with Gasteiger partial charge in [-0.2, -0.15) is 0 Å². The van der Waals surface area contributed by atoms with Gasteiger partial charge in [0, 0.05) is 25.7 Å². The fourth-order valence-corrected chi connectivity index (χ4v) is 1.89. The number of hydrogen-bond donors (Lipinski definition) is 1. The molecular weight excluding hydrogens is 166 g/mol. The largest absolute Gasteiger partial charge is 0.478 e. The summed E-state index contributed by atoms with van der Waals surface area (Å²) in [5.74, 6) is -0.850. The minimum atomic E-state index is -0.850. The normalized spacial score (nSPS) is 22.5. The van der Waals surface area contributed by atoms with E-state index >= 15 is 0 Å². The summed E-state index contributed by atoms with van der Waals surface area (Å²) in [6.45, 7) is 9.23. The van der Waals surface area contributed by atoms with Crippen LogP contribution in [0, 0.1) is 5.41 Å². The number of likely N-dealkylation sites (tertiary alicyclic amines) is 1. The van der Waals surface area contributed by atoms with Crippen molar-refractivity contribution in [2.75, 3.05) is 19.6 Å². The number of carbonyl (C=O) groups is 1. The third-order valence-electron chi connectivity index (χ3n) is 2.15. The SMILES string of the molecule is C/C(=C\C(=O)O)CN1CC(C)(C)C1. The minimum absolute atomic E-state index is 0.420. The Morgan fingerprint density at radius 3 is 2.46 bits per heavy atom. The van der Waals surface area contributed by atoms with E-state index in [2.05, 4.69) is 18.7 Å². The molecule has 0 bridgehead atoms. The van der Waals surface area contributed by atoms with E-state index in [1.165, 1.54) is 6.08 Å². The zero-order valence-electron chi connectivity index (χ0n) is 8.50. The van der Waals surface area contributed by atoms with Gasteiger partial charge in [0.25, 0.3) is 0 Å². The molecular formula is C10H17NO2. The molecule has 0 amide bonds. The highest BCUT2D eigenvalue weighted by atomic mass is 16.4. The first-order chi connectivity index (χ1) is 5.89. The maximum atomic E-state index is 10.3. The lowest BCUT2D eigenvalue weighted by atomic mass is 9.84. The molecule has 0 saturated carbocycles. The predicted octanol–water partition coefficient (Wildman–Crippen LogP) is 1.36. The Kier molecular flexibility index (Phi) is 2.76. The molecule has 0 spiro atoms. The first-order valence-electron chi connectivity index (χ1n) is 4.51. The number of carboxylic acids is 1. The van der Waals surface area contributed by atoms with Crippen LogP contribution in [-0.2, 0) is 4.79 Å². The van der Waals surface area contributed by atoms with E-state index in [0.717, 1.165) is 25.2 Å². The Morgan fingerprint density at radius 1 is 1.54 bits per heavy atom. The van der Waals surface area contributed by atoms with Crippen LogP contribution in [0.5, 0.6) is 0 Å². The van der Waals surface area contributed by atoms with E-state index < -0.39 is 5.97 Å². The lowest BCUT2D eigenvalue weighted by Gasteiger charge is -2.46. The molecule has 0 atom stereocenters. The zero-order valence-corrected chi connectivity index (χ0v) is 8.50. The number of hydrogen-bond acceptors (Lipinski definition) is 2. The van der Waals surface area contributed by atoms with Crippen molar-refractivity contribution >= 4 is 5.97 Å². The van der Waals surface area contributed by atoms with Gasteiger partial charge in [-0.15, -0.1) is 0 Å². The fourth-order valence-electron chi connectivity index (χ4n) is 1.89. The molecule has 74 valence electrons. The Morgan fingerprint density at radius 2 is 2.08 bits per heavy atom. The monoisotopic (exact) mass is 183 g/mol. The summed E-state index contributed by atoms with van der Waals surface area (Å²) in [5.41, 5.74) is 1.34. The van der Waals surface area contributed by atoms with Gasteiger partial charge in [0.15, 0.2) is 0 Å². The molecule has 0 radical (unpaired) electrons. The third-order valence-corrected chi connectivity index (χ3v) is 2.15. The highest BCUT2D eigenvalue weighted by Gasteiger charge is 2.33. The second kappa shape index (κ2) is 3.50. The van der Waals surface area contributed by atoms with Gasteiger partial charge in [0.2, 0.25) is 0 Å². The lowest BCUT2D eigenvalue weighted by molar-refractivity contribution is -0.131. The Hall–Kier alpha value is -0.830. The molecule has 1 saturated heterocycles. The first kappa shape index (κ1) is 10.3. The van der Waals surface area contributed by atoms with Crippen LogP contribution in [0.15, 0.2) is 11.6 Å². The highest BCUT2D eigenvalue weighted by molar-refractivity contribution is 5.80. The van der Waals surface area contributed by atoms with E-state index in [-0.39, 0.29) is 0 Å². The number of carboxylic acid groups (broad SMARTS) is 1. The number of nitrogens with zero attached hydrogens (tertiary/aromatic N) is 1. The van der Waals surface area contributed by atoms with Gasteiger partial charge < -0.3 is 5.11 Å². The van der Waals surface area contributed by atoms with Crippen LogP contribution in [0.25, 0.3) is 0 Å². The standard InChI is InChI=1S/C10H17NO2/c1-8(4-9(12)13)5-11-6-10(2,3)7-11/h4H,5-7H2,1-3H3,(H,12,13)/b8-4+. The molecule has 1 fully saturated rings. The van der Waals surface area contributed by atoms with E-state index in [4.69, 9.17) is 5.11 Å². The molecule has 1 heterocycles. The third kappa shape index (κ3) is 3.19. The maximum absolute atomic E-state index is 10.3. The van der Waals surface area contributed by atoms with Crippen molar-refractivity contribution in [3.05, 3.63) is 11.6 Å². The van der Waals surface area contributed by atoms with E-state index in [0.29, 0.717) is 5.41 Å². The van der Waals surface area contributed by atoms with E-state index in [9.17, 15) is 4.79 Å². The van der Waals surface area contributed by atoms with Crippen LogP contribution < -0.4 is 0 Å². The lowest BCUT2D eigenvalue weighted by Crippen LogP contribution is -2.53. The molecule has 1 rings (SSSR count). The molecule has 0 aliphatic carbocycles. The van der Waals surface area contributed by atoms with Gasteiger partial charge >= 0.3 is 5.97 Å². The molecule has 0 aromatic rings. The van der Waals surface area contributed by atoms with Gasteiger partial charge in [0.05, 0.1) is 0 Å². The predicted molar refractivity (Wildman–Crippen MR) is 51.6 cm³/mol. The van der Waals surface area contributed by atoms with Gasteiger partial charge in [-0.1, -0.05) is 19.4 Å². The second-order valence-corrected chi connectivity index (χ2v) is 4.64. The quantitative estimate of drug-likeness (QED) is 0.672. The summed E-state index contributed by atoms with van der Waals surface area (Å²) in [6, 6.07) is 0. The van der Waals surface area contributed by atoms with Gasteiger partial charge in [-0.25, -0.2) is 4.79 Å². The average molecular weight is 183 g/mol. The van der Waals surface area contributed by atoms with Crippen molar-refractivity contribution in [2.45, 2.75) is 20.8 Å². The van der Waals surface area contributed by atoms with Crippen molar-refractivity contribution in [3.63, 3.8) is 0 Å². The van der Waals surface area contributed by atoms with Crippen molar-refractivity contribution in [1.29, 1.82) is 0 Å². The molecule has 1 N–H and O–H groups in total. The molecule has 3 nitrogen and oxygen atoms in total. The minimum Gasteiger partial charge on any atom is -0.478 e. The summed E-state index contributed by atoms with van der Waals surface area (Å²) in [5, 5.41) is 8.50. The highest BCUT2D eigenvalue weighted by Crippen LogP contribution is 2.28. The summed E-state index contributed by atoms with van der Waals surface area (Å²) < 4.78 is 0. The molecule has 1 aliphatic rings. The van der Waals surface area contributed by atoms with Gasteiger partial charge in [-0.05, 0) is 12.3 Å². The first-order valence-corrected chi connectivity index (χ1v) is 4.51. The van der Waals surface area contributed by atoms with E-state index in [1.54, 1.807) is 0 Å². The second-order valence-electron chi connectivity index (χ2n) is 4.64. The van der Waals surface area contributed by atoms with Crippen LogP contribution in [0.3, 0.4) is 0 Å². The van der Waals surface area contributed by atoms with Crippen molar-refractivity contribution in [2.24, 2.45) is 5.41 Å². The summed E-state index contributed by atoms with van der Waals surface area (Å²) in [7, 11) is 0. The summed E-state index contributed by atoms with van der Waals surface area (Å²) in [6.07, 6.45) is 1.28. The molecule has 0 aromatic carbocycles. The van der Waals surface area contributed by atoms with Crippen molar-refractivity contribution in [1.82, 2.24) is 4.90 Å². The summed E-state index contributed by atoms with van der Waals surface area (Å²) >= 11 is 0. The Labute approximate surface area is 79.0 Å². The average Bonchev–Trinajstić information content (AvgIpc) is 1.79. The maximum Gasteiger partial charge on any atom is 0.328 e. The Balaban J connectivity index is 2.32. The van der Waals surface area contributed by atoms with Crippen LogP contribution in [0.1, 0.15) is 20.8 Å². The zero-order chi connectivity index (χ0) is 10.1. The molecule has 3 heteroatoms. The molecule has 0 unspecified atom stereocenters. The van der Waals surface area contributed by atoms with Crippen LogP contribution in [-0.4, -0.2) is 35.6 Å². The number of rotatable bonds is 3. The molecule has 0 aromatic heterocycles. The molecule has 1 aliphatic heterocycles. The van der Waals surface area contributed by atoms with Gasteiger partial charge in [-0.3, -0.25) is 4.90 Å². The van der Waals surface area contributed by atoms with Crippen LogP contribution in [0.2, 0.25) is 0 Å². The molecule has 13 heavy (non-hydrogen) atoms. The fraction of sp³-hybridized carbons (Fsp3) is 0.700. The summed E-state index contributed by atoms with van der Waals surface area (Å²) in [4.78, 5) is 12.6.